The Morgan fingerprint density at radius 1 is 1.25 bits per heavy atom. The van der Waals surface area contributed by atoms with Gasteiger partial charge in [0.2, 0.25) is 5.91 Å². The molecular formula is C10H17NO. The molecule has 0 heterocycles. The molecular weight excluding hydrogens is 150 g/mol. The third-order valence-electron chi connectivity index (χ3n) is 3.50. The molecule has 2 nitrogen and oxygen atoms in total. The van der Waals surface area contributed by atoms with Crippen LogP contribution in [0.3, 0.4) is 0 Å². The fourth-order valence-corrected chi connectivity index (χ4v) is 2.88. The van der Waals surface area contributed by atoms with Crippen LogP contribution in [-0.2, 0) is 4.79 Å². The van der Waals surface area contributed by atoms with Crippen molar-refractivity contribution in [1.29, 1.82) is 0 Å². The van der Waals surface area contributed by atoms with Crippen LogP contribution in [0, 0.1) is 17.8 Å². The van der Waals surface area contributed by atoms with Crippen molar-refractivity contribution in [3.63, 3.8) is 0 Å². The van der Waals surface area contributed by atoms with Crippen LogP contribution < -0.4 is 0 Å². The summed E-state index contributed by atoms with van der Waals surface area (Å²) in [6.07, 6.45) is 5.17. The van der Waals surface area contributed by atoms with E-state index in [1.54, 1.807) is 4.90 Å². The molecule has 3 atom stereocenters. The van der Waals surface area contributed by atoms with Crippen molar-refractivity contribution in [2.24, 2.45) is 17.8 Å². The molecule has 12 heavy (non-hydrogen) atoms. The van der Waals surface area contributed by atoms with Crippen LogP contribution in [0.15, 0.2) is 0 Å². The summed E-state index contributed by atoms with van der Waals surface area (Å²) in [5.41, 5.74) is 0. The second-order valence-electron chi connectivity index (χ2n) is 4.51. The molecule has 2 saturated carbocycles. The maximum atomic E-state index is 11.7. The standard InChI is InChI=1S/C10H17NO/c1-11(2)10(12)9-6-7-3-4-8(9)5-7/h7-9H,3-6H2,1-2H3. The van der Waals surface area contributed by atoms with E-state index in [0.717, 1.165) is 11.8 Å². The first-order chi connectivity index (χ1) is 5.68. The molecule has 2 bridgehead atoms. The van der Waals surface area contributed by atoms with E-state index in [9.17, 15) is 4.79 Å². The summed E-state index contributed by atoms with van der Waals surface area (Å²) in [5, 5.41) is 0. The highest BCUT2D eigenvalue weighted by Gasteiger charge is 2.43. The highest BCUT2D eigenvalue weighted by molar-refractivity contribution is 5.79. The van der Waals surface area contributed by atoms with Gasteiger partial charge in [0.05, 0.1) is 0 Å². The molecule has 0 aromatic carbocycles. The zero-order valence-corrected chi connectivity index (χ0v) is 7.92. The van der Waals surface area contributed by atoms with E-state index in [2.05, 4.69) is 0 Å². The van der Waals surface area contributed by atoms with Crippen molar-refractivity contribution in [1.82, 2.24) is 4.90 Å². The molecule has 68 valence electrons. The van der Waals surface area contributed by atoms with Gasteiger partial charge in [-0.25, -0.2) is 0 Å². The van der Waals surface area contributed by atoms with Crippen LogP contribution in [0.5, 0.6) is 0 Å². The van der Waals surface area contributed by atoms with Crippen molar-refractivity contribution in [2.75, 3.05) is 14.1 Å². The number of hydrogen-bond donors (Lipinski definition) is 0. The van der Waals surface area contributed by atoms with Gasteiger partial charge in [-0.15, -0.1) is 0 Å². The second kappa shape index (κ2) is 2.75. The van der Waals surface area contributed by atoms with E-state index in [1.807, 2.05) is 14.1 Å². The van der Waals surface area contributed by atoms with Crippen LogP contribution in [0.4, 0.5) is 0 Å². The van der Waals surface area contributed by atoms with E-state index in [4.69, 9.17) is 0 Å². The van der Waals surface area contributed by atoms with Crippen molar-refractivity contribution in [3.8, 4) is 0 Å². The van der Waals surface area contributed by atoms with Crippen LogP contribution >= 0.6 is 0 Å². The van der Waals surface area contributed by atoms with E-state index < -0.39 is 0 Å². The minimum Gasteiger partial charge on any atom is -0.349 e. The number of hydrogen-bond acceptors (Lipinski definition) is 1. The van der Waals surface area contributed by atoms with Gasteiger partial charge in [0.25, 0.3) is 0 Å². The molecule has 2 aliphatic rings. The SMILES string of the molecule is CN(C)C(=O)C1CC2CCC1C2. The smallest absolute Gasteiger partial charge is 0.225 e. The summed E-state index contributed by atoms with van der Waals surface area (Å²) in [7, 11) is 3.74. The Morgan fingerprint density at radius 2 is 2.00 bits per heavy atom. The van der Waals surface area contributed by atoms with Crippen molar-refractivity contribution in [2.45, 2.75) is 25.7 Å². The maximum absolute atomic E-state index is 11.7. The molecule has 1 amide bonds. The lowest BCUT2D eigenvalue weighted by molar-refractivity contribution is -0.134. The topological polar surface area (TPSA) is 20.3 Å². The van der Waals surface area contributed by atoms with Gasteiger partial charge in [-0.05, 0) is 31.1 Å². The fourth-order valence-electron chi connectivity index (χ4n) is 2.88. The summed E-state index contributed by atoms with van der Waals surface area (Å²) in [4.78, 5) is 13.4. The average molecular weight is 167 g/mol. The normalized spacial score (nSPS) is 38.7. The van der Waals surface area contributed by atoms with Crippen LogP contribution in [-0.4, -0.2) is 24.9 Å². The predicted octanol–water partition coefficient (Wildman–Crippen LogP) is 1.51. The summed E-state index contributed by atoms with van der Waals surface area (Å²) >= 11 is 0. The molecule has 2 fully saturated rings. The van der Waals surface area contributed by atoms with Gasteiger partial charge in [-0.2, -0.15) is 0 Å². The quantitative estimate of drug-likeness (QED) is 0.579. The molecule has 0 radical (unpaired) electrons. The monoisotopic (exact) mass is 167 g/mol. The highest BCUT2D eigenvalue weighted by Crippen LogP contribution is 2.48. The lowest BCUT2D eigenvalue weighted by atomic mass is 9.88. The van der Waals surface area contributed by atoms with Crippen LogP contribution in [0.25, 0.3) is 0 Å². The Bertz CT molecular complexity index is 200. The van der Waals surface area contributed by atoms with Gasteiger partial charge in [0.15, 0.2) is 0 Å². The zero-order chi connectivity index (χ0) is 8.72. The van der Waals surface area contributed by atoms with Gasteiger partial charge in [-0.3, -0.25) is 4.79 Å². The molecule has 0 saturated heterocycles. The molecule has 0 aliphatic heterocycles. The Kier molecular flexibility index (Phi) is 1.85. The molecule has 2 heteroatoms. The molecule has 2 rings (SSSR count). The lowest BCUT2D eigenvalue weighted by Crippen LogP contribution is -2.32. The van der Waals surface area contributed by atoms with Gasteiger partial charge in [-0.1, -0.05) is 6.42 Å². The van der Waals surface area contributed by atoms with Gasteiger partial charge in [0, 0.05) is 20.0 Å². The van der Waals surface area contributed by atoms with Crippen molar-refractivity contribution < 1.29 is 4.79 Å². The molecule has 2 aliphatic carbocycles. The maximum Gasteiger partial charge on any atom is 0.225 e. The molecule has 0 spiro atoms. The third-order valence-corrected chi connectivity index (χ3v) is 3.50. The second-order valence-corrected chi connectivity index (χ2v) is 4.51. The molecule has 3 unspecified atom stereocenters. The van der Waals surface area contributed by atoms with E-state index >= 15 is 0 Å². The third kappa shape index (κ3) is 1.13. The highest BCUT2D eigenvalue weighted by atomic mass is 16.2. The van der Waals surface area contributed by atoms with Gasteiger partial charge >= 0.3 is 0 Å². The summed E-state index contributed by atoms with van der Waals surface area (Å²) in [6.45, 7) is 0. The number of amides is 1. The molecule has 0 aromatic heterocycles. The number of rotatable bonds is 1. The Morgan fingerprint density at radius 3 is 2.42 bits per heavy atom. The summed E-state index contributed by atoms with van der Waals surface area (Å²) < 4.78 is 0. The van der Waals surface area contributed by atoms with Crippen molar-refractivity contribution >= 4 is 5.91 Å². The zero-order valence-electron chi connectivity index (χ0n) is 7.92. The van der Waals surface area contributed by atoms with Gasteiger partial charge in [0.1, 0.15) is 0 Å². The van der Waals surface area contributed by atoms with Gasteiger partial charge < -0.3 is 4.90 Å². The Balaban J connectivity index is 2.02. The van der Waals surface area contributed by atoms with E-state index in [-0.39, 0.29) is 0 Å². The predicted molar refractivity (Wildman–Crippen MR) is 47.6 cm³/mol. The Labute approximate surface area is 73.9 Å². The number of nitrogens with zero attached hydrogens (tertiary/aromatic N) is 1. The Hall–Kier alpha value is -0.530. The average Bonchev–Trinajstić information content (AvgIpc) is 2.62. The number of carbonyl (C=O) groups excluding carboxylic acids is 1. The van der Waals surface area contributed by atoms with Crippen molar-refractivity contribution in [3.05, 3.63) is 0 Å². The first-order valence-corrected chi connectivity index (χ1v) is 4.89. The minimum absolute atomic E-state index is 0.363. The molecule has 0 aromatic rings. The largest absolute Gasteiger partial charge is 0.349 e. The molecule has 0 N–H and O–H groups in total. The summed E-state index contributed by atoms with van der Waals surface area (Å²) in [6, 6.07) is 0. The summed E-state index contributed by atoms with van der Waals surface area (Å²) in [5.74, 6) is 2.34. The van der Waals surface area contributed by atoms with E-state index in [0.29, 0.717) is 11.8 Å². The van der Waals surface area contributed by atoms with E-state index in [1.165, 1.54) is 25.7 Å². The number of carbonyl (C=O) groups is 1. The first-order valence-electron chi connectivity index (χ1n) is 4.89. The van der Waals surface area contributed by atoms with Crippen LogP contribution in [0.1, 0.15) is 25.7 Å². The fraction of sp³-hybridized carbons (Fsp3) is 0.900. The minimum atomic E-state index is 0.363. The lowest BCUT2D eigenvalue weighted by Gasteiger charge is -2.23. The first kappa shape index (κ1) is 8.09. The van der Waals surface area contributed by atoms with Crippen LogP contribution in [0.2, 0.25) is 0 Å². The number of fused-ring (bicyclic) bond motifs is 2.